The van der Waals surface area contributed by atoms with Crippen LogP contribution in [-0.4, -0.2) is 35.9 Å². The van der Waals surface area contributed by atoms with Crippen molar-refractivity contribution >= 4 is 16.8 Å². The zero-order chi connectivity index (χ0) is 13.1. The first-order valence-electron chi connectivity index (χ1n) is 5.86. The lowest BCUT2D eigenvalue weighted by Crippen LogP contribution is -2.31. The second-order valence-electron chi connectivity index (χ2n) is 4.38. The van der Waals surface area contributed by atoms with Crippen LogP contribution in [0.4, 0.5) is 0 Å². The van der Waals surface area contributed by atoms with E-state index in [9.17, 15) is 4.79 Å². The van der Waals surface area contributed by atoms with E-state index in [1.54, 1.807) is 13.3 Å². The highest BCUT2D eigenvalue weighted by atomic mass is 16.5. The van der Waals surface area contributed by atoms with Crippen LogP contribution in [0.3, 0.4) is 0 Å². The SMILES string of the molecule is COC(C)CNC(=O)c1cc2cn[nH]c2cc1C. The van der Waals surface area contributed by atoms with Gasteiger partial charge in [-0.05, 0) is 31.5 Å². The Kier molecular flexibility index (Phi) is 3.62. The van der Waals surface area contributed by atoms with Crippen molar-refractivity contribution in [2.75, 3.05) is 13.7 Å². The van der Waals surface area contributed by atoms with Crippen molar-refractivity contribution in [3.63, 3.8) is 0 Å². The van der Waals surface area contributed by atoms with Crippen molar-refractivity contribution in [3.05, 3.63) is 29.5 Å². The Morgan fingerprint density at radius 2 is 2.33 bits per heavy atom. The second kappa shape index (κ2) is 5.18. The predicted molar refractivity (Wildman–Crippen MR) is 69.6 cm³/mol. The Bertz CT molecular complexity index is 562. The molecule has 1 aromatic carbocycles. The summed E-state index contributed by atoms with van der Waals surface area (Å²) < 4.78 is 5.09. The molecule has 0 saturated carbocycles. The number of fused-ring (bicyclic) bond motifs is 1. The molecular weight excluding hydrogens is 230 g/mol. The molecule has 2 aromatic rings. The Labute approximate surface area is 106 Å². The molecule has 1 atom stereocenters. The zero-order valence-corrected chi connectivity index (χ0v) is 10.8. The third-order valence-corrected chi connectivity index (χ3v) is 2.98. The van der Waals surface area contributed by atoms with Gasteiger partial charge >= 0.3 is 0 Å². The van der Waals surface area contributed by atoms with Gasteiger partial charge in [-0.25, -0.2) is 0 Å². The lowest BCUT2D eigenvalue weighted by Gasteiger charge is -2.12. The van der Waals surface area contributed by atoms with Crippen LogP contribution in [-0.2, 0) is 4.74 Å². The lowest BCUT2D eigenvalue weighted by molar-refractivity contribution is 0.0870. The van der Waals surface area contributed by atoms with E-state index in [0.717, 1.165) is 16.5 Å². The van der Waals surface area contributed by atoms with E-state index in [2.05, 4.69) is 15.5 Å². The van der Waals surface area contributed by atoms with Gasteiger partial charge in [0.15, 0.2) is 0 Å². The van der Waals surface area contributed by atoms with Gasteiger partial charge in [-0.2, -0.15) is 5.10 Å². The molecule has 0 aliphatic rings. The Morgan fingerprint density at radius 3 is 3.06 bits per heavy atom. The Balaban J connectivity index is 2.19. The summed E-state index contributed by atoms with van der Waals surface area (Å²) in [6.07, 6.45) is 1.72. The van der Waals surface area contributed by atoms with E-state index < -0.39 is 0 Å². The third-order valence-electron chi connectivity index (χ3n) is 2.98. The van der Waals surface area contributed by atoms with Crippen LogP contribution >= 0.6 is 0 Å². The number of aromatic nitrogens is 2. The molecule has 1 amide bonds. The largest absolute Gasteiger partial charge is 0.380 e. The minimum atomic E-state index is -0.0838. The summed E-state index contributed by atoms with van der Waals surface area (Å²) in [5.74, 6) is -0.0838. The number of rotatable bonds is 4. The molecule has 0 aliphatic heterocycles. The quantitative estimate of drug-likeness (QED) is 0.863. The predicted octanol–water partition coefficient (Wildman–Crippen LogP) is 1.64. The molecule has 1 heterocycles. The van der Waals surface area contributed by atoms with Crippen molar-refractivity contribution in [3.8, 4) is 0 Å². The number of ether oxygens (including phenoxy) is 1. The molecule has 0 fully saturated rings. The maximum Gasteiger partial charge on any atom is 0.251 e. The number of methoxy groups -OCH3 is 1. The molecule has 1 unspecified atom stereocenters. The smallest absolute Gasteiger partial charge is 0.251 e. The van der Waals surface area contributed by atoms with Crippen LogP contribution in [0.2, 0.25) is 0 Å². The van der Waals surface area contributed by atoms with Crippen LogP contribution < -0.4 is 5.32 Å². The summed E-state index contributed by atoms with van der Waals surface area (Å²) in [4.78, 5) is 12.1. The molecule has 18 heavy (non-hydrogen) atoms. The maximum absolute atomic E-state index is 12.1. The molecule has 0 bridgehead atoms. The highest BCUT2D eigenvalue weighted by Gasteiger charge is 2.11. The minimum absolute atomic E-state index is 0.00640. The van der Waals surface area contributed by atoms with Crippen LogP contribution in [0.15, 0.2) is 18.3 Å². The first kappa shape index (κ1) is 12.6. The number of H-pyrrole nitrogens is 1. The molecule has 0 spiro atoms. The molecule has 96 valence electrons. The summed E-state index contributed by atoms with van der Waals surface area (Å²) in [5.41, 5.74) is 2.54. The van der Waals surface area contributed by atoms with Gasteiger partial charge in [-0.3, -0.25) is 9.89 Å². The summed E-state index contributed by atoms with van der Waals surface area (Å²) >= 11 is 0. The van der Waals surface area contributed by atoms with Crippen LogP contribution in [0.1, 0.15) is 22.8 Å². The van der Waals surface area contributed by atoms with Gasteiger partial charge in [0.05, 0.1) is 17.8 Å². The molecule has 5 heteroatoms. The van der Waals surface area contributed by atoms with E-state index in [1.165, 1.54) is 0 Å². The van der Waals surface area contributed by atoms with Gasteiger partial charge in [0.1, 0.15) is 0 Å². The molecule has 5 nitrogen and oxygen atoms in total. The molecular formula is C13H17N3O2. The first-order valence-corrected chi connectivity index (χ1v) is 5.86. The van der Waals surface area contributed by atoms with E-state index in [4.69, 9.17) is 4.74 Å². The van der Waals surface area contributed by atoms with E-state index in [1.807, 2.05) is 26.0 Å². The molecule has 0 radical (unpaired) electrons. The van der Waals surface area contributed by atoms with Gasteiger partial charge < -0.3 is 10.1 Å². The van der Waals surface area contributed by atoms with Crippen molar-refractivity contribution in [2.45, 2.75) is 20.0 Å². The highest BCUT2D eigenvalue weighted by molar-refractivity contribution is 5.99. The Morgan fingerprint density at radius 1 is 1.56 bits per heavy atom. The van der Waals surface area contributed by atoms with E-state index in [0.29, 0.717) is 12.1 Å². The first-order chi connectivity index (χ1) is 8.61. The summed E-state index contributed by atoms with van der Waals surface area (Å²) in [6, 6.07) is 3.78. The molecule has 2 rings (SSSR count). The number of benzene rings is 1. The van der Waals surface area contributed by atoms with Crippen molar-refractivity contribution < 1.29 is 9.53 Å². The molecule has 0 aliphatic carbocycles. The number of nitrogens with one attached hydrogen (secondary N) is 2. The average molecular weight is 247 g/mol. The van der Waals surface area contributed by atoms with Crippen molar-refractivity contribution in [1.29, 1.82) is 0 Å². The Hall–Kier alpha value is -1.88. The number of hydrogen-bond acceptors (Lipinski definition) is 3. The molecule has 0 saturated heterocycles. The van der Waals surface area contributed by atoms with E-state index in [-0.39, 0.29) is 12.0 Å². The summed E-state index contributed by atoms with van der Waals surface area (Å²) in [6.45, 7) is 4.32. The monoisotopic (exact) mass is 247 g/mol. The summed E-state index contributed by atoms with van der Waals surface area (Å²) in [5, 5.41) is 10.6. The lowest BCUT2D eigenvalue weighted by atomic mass is 10.1. The van der Waals surface area contributed by atoms with Gasteiger partial charge in [0.25, 0.3) is 5.91 Å². The van der Waals surface area contributed by atoms with Gasteiger partial charge in [0, 0.05) is 24.6 Å². The van der Waals surface area contributed by atoms with E-state index >= 15 is 0 Å². The maximum atomic E-state index is 12.1. The molecule has 2 N–H and O–H groups in total. The van der Waals surface area contributed by atoms with Gasteiger partial charge in [-0.1, -0.05) is 0 Å². The number of carbonyl (C=O) groups is 1. The fourth-order valence-corrected chi connectivity index (χ4v) is 1.76. The number of carbonyl (C=O) groups excluding carboxylic acids is 1. The molecule has 1 aromatic heterocycles. The normalized spacial score (nSPS) is 12.6. The van der Waals surface area contributed by atoms with Crippen LogP contribution in [0, 0.1) is 6.92 Å². The third kappa shape index (κ3) is 2.51. The van der Waals surface area contributed by atoms with Crippen molar-refractivity contribution in [1.82, 2.24) is 15.5 Å². The highest BCUT2D eigenvalue weighted by Crippen LogP contribution is 2.17. The summed E-state index contributed by atoms with van der Waals surface area (Å²) in [7, 11) is 1.62. The number of aryl methyl sites for hydroxylation is 1. The van der Waals surface area contributed by atoms with Crippen molar-refractivity contribution in [2.24, 2.45) is 0 Å². The minimum Gasteiger partial charge on any atom is -0.380 e. The second-order valence-corrected chi connectivity index (χ2v) is 4.38. The van der Waals surface area contributed by atoms with Gasteiger partial charge in [0.2, 0.25) is 0 Å². The van der Waals surface area contributed by atoms with Gasteiger partial charge in [-0.15, -0.1) is 0 Å². The van der Waals surface area contributed by atoms with Crippen LogP contribution in [0.5, 0.6) is 0 Å². The fraction of sp³-hybridized carbons (Fsp3) is 0.385. The van der Waals surface area contributed by atoms with Crippen LogP contribution in [0.25, 0.3) is 10.9 Å². The fourth-order valence-electron chi connectivity index (χ4n) is 1.76. The number of nitrogens with zero attached hydrogens (tertiary/aromatic N) is 1. The number of aromatic amines is 1. The standard InChI is InChI=1S/C13H17N3O2/c1-8-4-12-10(7-15-16-12)5-11(8)13(17)14-6-9(2)18-3/h4-5,7,9H,6H2,1-3H3,(H,14,17)(H,15,16). The average Bonchev–Trinajstić information content (AvgIpc) is 2.81. The topological polar surface area (TPSA) is 67.0 Å². The zero-order valence-electron chi connectivity index (χ0n) is 10.8. The number of hydrogen-bond donors (Lipinski definition) is 2. The number of amides is 1.